The predicted molar refractivity (Wildman–Crippen MR) is 159 cm³/mol. The van der Waals surface area contributed by atoms with Gasteiger partial charge in [-0.3, -0.25) is 14.4 Å². The Morgan fingerprint density at radius 1 is 0.975 bits per heavy atom. The molecule has 2 aromatic rings. The molecule has 0 heterocycles. The number of nitrogens with one attached hydrogen (secondary N) is 1. The molecule has 1 aliphatic carbocycles. The van der Waals surface area contributed by atoms with Crippen molar-refractivity contribution in [2.24, 2.45) is 11.8 Å². The van der Waals surface area contributed by atoms with Crippen LogP contribution in [0.1, 0.15) is 93.5 Å². The molecule has 1 aliphatic rings. The second-order valence-electron chi connectivity index (χ2n) is 11.1. The lowest BCUT2D eigenvalue weighted by atomic mass is 9.88. The van der Waals surface area contributed by atoms with Crippen LogP contribution in [0.15, 0.2) is 66.7 Å². The monoisotopic (exact) mass is 547 g/mol. The number of carbonyl (C=O) groups excluding carboxylic acids is 3. The quantitative estimate of drug-likeness (QED) is 0.156. The van der Waals surface area contributed by atoms with Crippen LogP contribution in [0.5, 0.6) is 0 Å². The number of benzene rings is 2. The zero-order valence-corrected chi connectivity index (χ0v) is 23.8. The van der Waals surface area contributed by atoms with Gasteiger partial charge in [0.2, 0.25) is 0 Å². The van der Waals surface area contributed by atoms with E-state index in [0.717, 1.165) is 56.9 Å². The van der Waals surface area contributed by atoms with Gasteiger partial charge in [0, 0.05) is 42.3 Å². The number of carbonyl (C=O) groups is 3. The zero-order chi connectivity index (χ0) is 28.7. The molecule has 0 aromatic heterocycles. The van der Waals surface area contributed by atoms with Gasteiger partial charge in [-0.15, -0.1) is 0 Å². The van der Waals surface area contributed by atoms with Gasteiger partial charge >= 0.3 is 0 Å². The number of Topliss-reactive ketones (excluding diaryl/α,β-unsaturated/α-hetero) is 2. The van der Waals surface area contributed by atoms with Crippen molar-refractivity contribution in [3.05, 3.63) is 77.9 Å². The van der Waals surface area contributed by atoms with Crippen molar-refractivity contribution in [1.29, 1.82) is 0 Å². The van der Waals surface area contributed by atoms with E-state index in [9.17, 15) is 24.6 Å². The molecule has 0 saturated heterocycles. The SMILES string of the molecule is CCCCC[C@H](O)/C=C/[C@H]1[C@H](O)CC(=O)[C@@H]1CCCCCCC(=O)Cc1ccc(NC(=O)c2ccccc2)cc1. The Hall–Kier alpha value is -3.09. The van der Waals surface area contributed by atoms with Crippen LogP contribution in [0.25, 0.3) is 0 Å². The number of aliphatic hydroxyl groups excluding tert-OH is 2. The number of amides is 1. The summed E-state index contributed by atoms with van der Waals surface area (Å²) in [6.07, 6.45) is 11.7. The molecule has 2 aromatic carbocycles. The van der Waals surface area contributed by atoms with Gasteiger partial charge in [-0.1, -0.05) is 87.9 Å². The number of rotatable bonds is 17. The summed E-state index contributed by atoms with van der Waals surface area (Å²) in [4.78, 5) is 37.2. The summed E-state index contributed by atoms with van der Waals surface area (Å²) in [5, 5.41) is 23.4. The lowest BCUT2D eigenvalue weighted by Gasteiger charge is -2.18. The first-order chi connectivity index (χ1) is 19.4. The van der Waals surface area contributed by atoms with Crippen LogP contribution in [0.4, 0.5) is 5.69 Å². The van der Waals surface area contributed by atoms with E-state index in [1.165, 1.54) is 0 Å². The van der Waals surface area contributed by atoms with Crippen LogP contribution in [0.3, 0.4) is 0 Å². The Balaban J connectivity index is 1.32. The second kappa shape index (κ2) is 16.9. The van der Waals surface area contributed by atoms with E-state index >= 15 is 0 Å². The Morgan fingerprint density at radius 3 is 2.42 bits per heavy atom. The van der Waals surface area contributed by atoms with Gasteiger partial charge in [0.15, 0.2) is 0 Å². The molecule has 40 heavy (non-hydrogen) atoms. The van der Waals surface area contributed by atoms with Gasteiger partial charge in [0.1, 0.15) is 11.6 Å². The Morgan fingerprint density at radius 2 is 1.70 bits per heavy atom. The van der Waals surface area contributed by atoms with E-state index < -0.39 is 12.2 Å². The van der Waals surface area contributed by atoms with Crippen LogP contribution in [-0.4, -0.2) is 39.9 Å². The first kappa shape index (κ1) is 31.4. The average molecular weight is 548 g/mol. The largest absolute Gasteiger partial charge is 0.392 e. The van der Waals surface area contributed by atoms with Crippen LogP contribution in [0.2, 0.25) is 0 Å². The van der Waals surface area contributed by atoms with E-state index in [1.807, 2.05) is 48.5 Å². The van der Waals surface area contributed by atoms with Crippen molar-refractivity contribution in [2.45, 2.75) is 96.2 Å². The van der Waals surface area contributed by atoms with Crippen molar-refractivity contribution in [3.8, 4) is 0 Å². The number of hydrogen-bond acceptors (Lipinski definition) is 5. The molecule has 4 atom stereocenters. The molecule has 216 valence electrons. The van der Waals surface area contributed by atoms with Crippen LogP contribution in [0, 0.1) is 11.8 Å². The molecular weight excluding hydrogens is 502 g/mol. The maximum atomic E-state index is 12.5. The predicted octanol–water partition coefficient (Wildman–Crippen LogP) is 6.45. The summed E-state index contributed by atoms with van der Waals surface area (Å²) < 4.78 is 0. The number of anilines is 1. The van der Waals surface area contributed by atoms with Gasteiger partial charge in [0.25, 0.3) is 5.91 Å². The summed E-state index contributed by atoms with van der Waals surface area (Å²) in [5.41, 5.74) is 2.22. The van der Waals surface area contributed by atoms with E-state index in [0.29, 0.717) is 30.5 Å². The molecule has 6 nitrogen and oxygen atoms in total. The highest BCUT2D eigenvalue weighted by Crippen LogP contribution is 2.34. The maximum absolute atomic E-state index is 12.5. The molecule has 1 saturated carbocycles. The van der Waals surface area contributed by atoms with Crippen LogP contribution < -0.4 is 5.32 Å². The Kier molecular flexibility index (Phi) is 13.3. The fourth-order valence-electron chi connectivity index (χ4n) is 5.40. The van der Waals surface area contributed by atoms with Gasteiger partial charge in [-0.05, 0) is 49.1 Å². The third kappa shape index (κ3) is 10.5. The van der Waals surface area contributed by atoms with E-state index in [1.54, 1.807) is 18.2 Å². The number of ketones is 2. The lowest BCUT2D eigenvalue weighted by molar-refractivity contribution is -0.121. The third-order valence-corrected chi connectivity index (χ3v) is 7.76. The minimum Gasteiger partial charge on any atom is -0.392 e. The maximum Gasteiger partial charge on any atom is 0.255 e. The summed E-state index contributed by atoms with van der Waals surface area (Å²) in [7, 11) is 0. The standard InChI is InChI=1S/C34H45NO5/c1-2-3-7-14-28(36)21-22-31-30(32(38)24-33(31)39)16-11-5-4-10-15-29(37)23-25-17-19-27(20-18-25)35-34(40)26-12-8-6-9-13-26/h6,8-9,12-13,17-22,28,30-31,33,36,39H,2-5,7,10-11,14-16,23-24H2,1H3,(H,35,40)/b22-21+/t28-,30+,31+,33+/m0/s1. The van der Waals surface area contributed by atoms with Crippen molar-refractivity contribution in [1.82, 2.24) is 0 Å². The second-order valence-corrected chi connectivity index (χ2v) is 11.1. The molecular formula is C34H45NO5. The van der Waals surface area contributed by atoms with E-state index in [-0.39, 0.29) is 35.7 Å². The number of unbranched alkanes of at least 4 members (excludes halogenated alkanes) is 5. The third-order valence-electron chi connectivity index (χ3n) is 7.76. The Bertz CT molecular complexity index is 1100. The number of hydrogen-bond donors (Lipinski definition) is 3. The molecule has 1 fully saturated rings. The Labute approximate surface area is 238 Å². The highest BCUT2D eigenvalue weighted by molar-refractivity contribution is 6.04. The van der Waals surface area contributed by atoms with Crippen LogP contribution >= 0.6 is 0 Å². The highest BCUT2D eigenvalue weighted by atomic mass is 16.3. The van der Waals surface area contributed by atoms with Crippen molar-refractivity contribution >= 4 is 23.2 Å². The lowest BCUT2D eigenvalue weighted by Crippen LogP contribution is -2.19. The normalized spacial score (nSPS) is 19.7. The van der Waals surface area contributed by atoms with Gasteiger partial charge in [-0.25, -0.2) is 0 Å². The summed E-state index contributed by atoms with van der Waals surface area (Å²) in [6, 6.07) is 16.4. The summed E-state index contributed by atoms with van der Waals surface area (Å²) in [5.74, 6) is -0.257. The molecule has 0 bridgehead atoms. The smallest absolute Gasteiger partial charge is 0.255 e. The minimum atomic E-state index is -0.664. The molecule has 6 heteroatoms. The average Bonchev–Trinajstić information content (AvgIpc) is 3.22. The van der Waals surface area contributed by atoms with Gasteiger partial charge in [0.05, 0.1) is 12.2 Å². The zero-order valence-electron chi connectivity index (χ0n) is 23.8. The van der Waals surface area contributed by atoms with E-state index in [2.05, 4.69) is 12.2 Å². The van der Waals surface area contributed by atoms with Crippen LogP contribution in [-0.2, 0) is 16.0 Å². The molecule has 0 unspecified atom stereocenters. The fraction of sp³-hybridized carbons (Fsp3) is 0.500. The molecule has 1 amide bonds. The minimum absolute atomic E-state index is 0.114. The molecule has 0 radical (unpaired) electrons. The molecule has 3 N–H and O–H groups in total. The first-order valence-electron chi connectivity index (χ1n) is 14.9. The van der Waals surface area contributed by atoms with Crippen molar-refractivity contribution < 1.29 is 24.6 Å². The summed E-state index contributed by atoms with van der Waals surface area (Å²) in [6.45, 7) is 2.13. The molecule has 0 spiro atoms. The topological polar surface area (TPSA) is 104 Å². The fourth-order valence-corrected chi connectivity index (χ4v) is 5.40. The number of aliphatic hydroxyl groups is 2. The first-order valence-corrected chi connectivity index (χ1v) is 14.9. The van der Waals surface area contributed by atoms with Gasteiger partial charge < -0.3 is 15.5 Å². The van der Waals surface area contributed by atoms with Gasteiger partial charge in [-0.2, -0.15) is 0 Å². The van der Waals surface area contributed by atoms with Crippen molar-refractivity contribution in [2.75, 3.05) is 5.32 Å². The van der Waals surface area contributed by atoms with E-state index in [4.69, 9.17) is 0 Å². The summed E-state index contributed by atoms with van der Waals surface area (Å²) >= 11 is 0. The molecule has 0 aliphatic heterocycles. The molecule has 3 rings (SSSR count). The van der Waals surface area contributed by atoms with Crippen molar-refractivity contribution in [3.63, 3.8) is 0 Å². The highest BCUT2D eigenvalue weighted by Gasteiger charge is 2.39.